The van der Waals surface area contributed by atoms with Gasteiger partial charge in [-0.15, -0.1) is 0 Å². The second-order valence-corrected chi connectivity index (χ2v) is 4.96. The number of benzene rings is 2. The van der Waals surface area contributed by atoms with Crippen LogP contribution in [0.15, 0.2) is 53.3 Å². The summed E-state index contributed by atoms with van der Waals surface area (Å²) >= 11 is 0. The molecule has 6 heteroatoms. The molecule has 0 aliphatic heterocycles. The Morgan fingerprint density at radius 1 is 1.17 bits per heavy atom. The molecule has 23 heavy (non-hydrogen) atoms. The van der Waals surface area contributed by atoms with Gasteiger partial charge >= 0.3 is 0 Å². The van der Waals surface area contributed by atoms with Crippen molar-refractivity contribution < 1.29 is 9.18 Å². The maximum Gasteiger partial charge on any atom is 0.282 e. The summed E-state index contributed by atoms with van der Waals surface area (Å²) in [7, 11) is 0. The largest absolute Gasteiger partial charge is 0.320 e. The van der Waals surface area contributed by atoms with Crippen molar-refractivity contribution in [2.75, 3.05) is 5.32 Å². The monoisotopic (exact) mass is 311 g/mol. The van der Waals surface area contributed by atoms with E-state index in [1.54, 1.807) is 18.2 Å². The zero-order chi connectivity index (χ0) is 16.4. The molecule has 0 bridgehead atoms. The molecule has 0 aliphatic carbocycles. The Balaban J connectivity index is 2.05. The van der Waals surface area contributed by atoms with Gasteiger partial charge in [-0.3, -0.25) is 9.59 Å². The van der Waals surface area contributed by atoms with E-state index in [0.717, 1.165) is 0 Å². The van der Waals surface area contributed by atoms with Gasteiger partial charge in [0.25, 0.3) is 11.5 Å². The van der Waals surface area contributed by atoms with E-state index in [1.165, 1.54) is 28.8 Å². The van der Waals surface area contributed by atoms with Crippen LogP contribution in [0, 0.1) is 5.82 Å². The quantitative estimate of drug-likeness (QED) is 0.809. The number of hydrogen-bond acceptors (Lipinski definition) is 3. The molecule has 1 N–H and O–H groups in total. The summed E-state index contributed by atoms with van der Waals surface area (Å²) in [6.07, 6.45) is 0. The van der Waals surface area contributed by atoms with Crippen molar-refractivity contribution in [1.29, 1.82) is 0 Å². The first kappa shape index (κ1) is 14.9. The van der Waals surface area contributed by atoms with Gasteiger partial charge < -0.3 is 9.88 Å². The van der Waals surface area contributed by atoms with Gasteiger partial charge in [-0.25, -0.2) is 9.37 Å². The standard InChI is InChI=1S/C17H14FN3O2/c1-2-21-14-6-4-3-5-13(14)20-15(17(21)23)16(22)19-12-9-7-11(18)8-10-12/h3-10H,2H2,1H3,(H,19,22). The maximum atomic E-state index is 12.9. The van der Waals surface area contributed by atoms with E-state index < -0.39 is 17.3 Å². The summed E-state index contributed by atoms with van der Waals surface area (Å²) < 4.78 is 14.4. The van der Waals surface area contributed by atoms with E-state index in [2.05, 4.69) is 10.3 Å². The SMILES string of the molecule is CCn1c(=O)c(C(=O)Nc2ccc(F)cc2)nc2ccccc21. The minimum Gasteiger partial charge on any atom is -0.320 e. The Morgan fingerprint density at radius 3 is 2.57 bits per heavy atom. The fourth-order valence-corrected chi connectivity index (χ4v) is 2.38. The number of amides is 1. The first-order valence-electron chi connectivity index (χ1n) is 7.16. The van der Waals surface area contributed by atoms with Gasteiger partial charge in [0, 0.05) is 12.2 Å². The predicted molar refractivity (Wildman–Crippen MR) is 86.0 cm³/mol. The maximum absolute atomic E-state index is 12.9. The number of halogens is 1. The van der Waals surface area contributed by atoms with Crippen LogP contribution >= 0.6 is 0 Å². The number of anilines is 1. The van der Waals surface area contributed by atoms with E-state index in [1.807, 2.05) is 13.0 Å². The van der Waals surface area contributed by atoms with Crippen molar-refractivity contribution in [2.24, 2.45) is 0 Å². The molecule has 3 aromatic rings. The first-order valence-corrected chi connectivity index (χ1v) is 7.16. The van der Waals surface area contributed by atoms with Crippen LogP contribution in [-0.4, -0.2) is 15.5 Å². The van der Waals surface area contributed by atoms with Crippen molar-refractivity contribution in [3.8, 4) is 0 Å². The number of aryl methyl sites for hydroxylation is 1. The second kappa shape index (κ2) is 6.00. The predicted octanol–water partition coefficient (Wildman–Crippen LogP) is 2.81. The lowest BCUT2D eigenvalue weighted by molar-refractivity contribution is 0.102. The van der Waals surface area contributed by atoms with Crippen molar-refractivity contribution in [3.63, 3.8) is 0 Å². The van der Waals surface area contributed by atoms with Gasteiger partial charge in [-0.05, 0) is 43.3 Å². The van der Waals surface area contributed by atoms with Crippen molar-refractivity contribution >= 4 is 22.6 Å². The molecule has 3 rings (SSSR count). The van der Waals surface area contributed by atoms with Crippen molar-refractivity contribution in [1.82, 2.24) is 9.55 Å². The molecule has 0 atom stereocenters. The smallest absolute Gasteiger partial charge is 0.282 e. The summed E-state index contributed by atoms with van der Waals surface area (Å²) in [5.74, 6) is -1.02. The van der Waals surface area contributed by atoms with Crippen LogP contribution in [0.2, 0.25) is 0 Å². The highest BCUT2D eigenvalue weighted by Crippen LogP contribution is 2.12. The number of carbonyl (C=O) groups excluding carboxylic acids is 1. The topological polar surface area (TPSA) is 64.0 Å². The Kier molecular flexibility index (Phi) is 3.89. The molecule has 0 fully saturated rings. The minimum atomic E-state index is -0.616. The third-order valence-corrected chi connectivity index (χ3v) is 3.49. The van der Waals surface area contributed by atoms with Crippen LogP contribution in [0.3, 0.4) is 0 Å². The van der Waals surface area contributed by atoms with Crippen LogP contribution in [0.5, 0.6) is 0 Å². The van der Waals surface area contributed by atoms with E-state index in [-0.39, 0.29) is 5.69 Å². The summed E-state index contributed by atoms with van der Waals surface area (Å²) in [6, 6.07) is 12.4. The van der Waals surface area contributed by atoms with Gasteiger partial charge in [-0.1, -0.05) is 12.1 Å². The molecule has 116 valence electrons. The highest BCUT2D eigenvalue weighted by Gasteiger charge is 2.17. The van der Waals surface area contributed by atoms with Crippen LogP contribution in [-0.2, 0) is 6.54 Å². The van der Waals surface area contributed by atoms with Gasteiger partial charge in [0.1, 0.15) is 5.82 Å². The Bertz CT molecular complexity index is 933. The number of rotatable bonds is 3. The molecule has 1 amide bonds. The fraction of sp³-hybridized carbons (Fsp3) is 0.118. The highest BCUT2D eigenvalue weighted by atomic mass is 19.1. The summed E-state index contributed by atoms with van der Waals surface area (Å²) in [4.78, 5) is 29.0. The van der Waals surface area contributed by atoms with Crippen LogP contribution in [0.4, 0.5) is 10.1 Å². The van der Waals surface area contributed by atoms with Crippen LogP contribution < -0.4 is 10.9 Å². The Hall–Kier alpha value is -3.02. The summed E-state index contributed by atoms with van der Waals surface area (Å²) in [5, 5.41) is 2.56. The first-order chi connectivity index (χ1) is 11.1. The summed E-state index contributed by atoms with van der Waals surface area (Å²) in [5.41, 5.74) is 1.01. The lowest BCUT2D eigenvalue weighted by Gasteiger charge is -2.10. The lowest BCUT2D eigenvalue weighted by Crippen LogP contribution is -2.30. The number of para-hydroxylation sites is 2. The number of nitrogens with zero attached hydrogens (tertiary/aromatic N) is 2. The minimum absolute atomic E-state index is 0.185. The average molecular weight is 311 g/mol. The lowest BCUT2D eigenvalue weighted by atomic mass is 10.2. The fourth-order valence-electron chi connectivity index (χ4n) is 2.38. The molecule has 2 aromatic carbocycles. The molecule has 0 radical (unpaired) electrons. The van der Waals surface area contributed by atoms with Crippen LogP contribution in [0.1, 0.15) is 17.4 Å². The number of hydrogen-bond donors (Lipinski definition) is 1. The highest BCUT2D eigenvalue weighted by molar-refractivity contribution is 6.03. The van der Waals surface area contributed by atoms with E-state index in [0.29, 0.717) is 23.3 Å². The number of fused-ring (bicyclic) bond motifs is 1. The van der Waals surface area contributed by atoms with Gasteiger partial charge in [0.2, 0.25) is 0 Å². The molecule has 0 saturated carbocycles. The summed E-state index contributed by atoms with van der Waals surface area (Å²) in [6.45, 7) is 2.26. The zero-order valence-corrected chi connectivity index (χ0v) is 12.4. The Morgan fingerprint density at radius 2 is 1.87 bits per heavy atom. The molecule has 1 aromatic heterocycles. The molecule has 1 heterocycles. The molecule has 0 saturated heterocycles. The van der Waals surface area contributed by atoms with Crippen molar-refractivity contribution in [3.05, 3.63) is 70.4 Å². The van der Waals surface area contributed by atoms with Gasteiger partial charge in [0.15, 0.2) is 5.69 Å². The number of aromatic nitrogens is 2. The zero-order valence-electron chi connectivity index (χ0n) is 12.4. The number of nitrogens with one attached hydrogen (secondary N) is 1. The second-order valence-electron chi connectivity index (χ2n) is 4.96. The van der Waals surface area contributed by atoms with Gasteiger partial charge in [-0.2, -0.15) is 0 Å². The van der Waals surface area contributed by atoms with Gasteiger partial charge in [0.05, 0.1) is 11.0 Å². The normalized spacial score (nSPS) is 10.7. The average Bonchev–Trinajstić information content (AvgIpc) is 2.56. The molecular weight excluding hydrogens is 297 g/mol. The number of carbonyl (C=O) groups is 1. The molecule has 0 spiro atoms. The van der Waals surface area contributed by atoms with E-state index in [9.17, 15) is 14.0 Å². The molecule has 0 aliphatic rings. The molecular formula is C17H14FN3O2. The molecule has 5 nitrogen and oxygen atoms in total. The third-order valence-electron chi connectivity index (χ3n) is 3.49. The van der Waals surface area contributed by atoms with Crippen LogP contribution in [0.25, 0.3) is 11.0 Å². The molecule has 0 unspecified atom stereocenters. The van der Waals surface area contributed by atoms with Crippen molar-refractivity contribution in [2.45, 2.75) is 13.5 Å². The van der Waals surface area contributed by atoms with E-state index in [4.69, 9.17) is 0 Å². The Labute approximate surface area is 131 Å². The van der Waals surface area contributed by atoms with E-state index >= 15 is 0 Å². The third kappa shape index (κ3) is 2.83.